The highest BCUT2D eigenvalue weighted by Gasteiger charge is 2.17. The summed E-state index contributed by atoms with van der Waals surface area (Å²) < 4.78 is 23.9. The number of hydrogen-bond acceptors (Lipinski definition) is 4. The summed E-state index contributed by atoms with van der Waals surface area (Å²) >= 11 is 0. The van der Waals surface area contributed by atoms with Crippen molar-refractivity contribution >= 4 is 8.60 Å². The van der Waals surface area contributed by atoms with Gasteiger partial charge in [-0.25, -0.2) is 0 Å². The van der Waals surface area contributed by atoms with Crippen molar-refractivity contribution in [2.24, 2.45) is 0 Å². The van der Waals surface area contributed by atoms with Gasteiger partial charge in [-0.1, -0.05) is 108 Å². The Hall–Kier alpha value is -1.61. The van der Waals surface area contributed by atoms with E-state index >= 15 is 0 Å². The van der Waals surface area contributed by atoms with Crippen LogP contribution in [0.3, 0.4) is 0 Å². The van der Waals surface area contributed by atoms with Gasteiger partial charge >= 0.3 is 8.60 Å². The van der Waals surface area contributed by atoms with Crippen molar-refractivity contribution in [3.05, 3.63) is 60.7 Å². The lowest BCUT2D eigenvalue weighted by Crippen LogP contribution is -2.09. The van der Waals surface area contributed by atoms with E-state index in [2.05, 4.69) is 13.8 Å². The molecule has 0 saturated carbocycles. The Morgan fingerprint density at radius 1 is 0.600 bits per heavy atom. The van der Waals surface area contributed by atoms with Crippen molar-refractivity contribution in [2.75, 3.05) is 13.2 Å². The predicted octanol–water partition coefficient (Wildman–Crippen LogP) is 9.88. The van der Waals surface area contributed by atoms with Gasteiger partial charge in [-0.05, 0) is 50.5 Å². The summed E-state index contributed by atoms with van der Waals surface area (Å²) in [6.07, 6.45) is 16.8. The Morgan fingerprint density at radius 2 is 1.09 bits per heavy atom. The van der Waals surface area contributed by atoms with Gasteiger partial charge in [0.1, 0.15) is 11.5 Å². The number of rotatable bonds is 22. The van der Waals surface area contributed by atoms with Crippen LogP contribution >= 0.6 is 8.60 Å². The van der Waals surface area contributed by atoms with E-state index in [1.54, 1.807) is 0 Å². The van der Waals surface area contributed by atoms with Crippen LogP contribution in [0.4, 0.5) is 0 Å². The topological polar surface area (TPSA) is 36.9 Å². The van der Waals surface area contributed by atoms with Gasteiger partial charge in [0.15, 0.2) is 0 Å². The molecule has 1 unspecified atom stereocenters. The number of ether oxygens (including phenoxy) is 1. The molecule has 0 fully saturated rings. The molecule has 4 nitrogen and oxygen atoms in total. The molecule has 0 aliphatic carbocycles. The molecular weight excluding hydrogens is 455 g/mol. The molecular formula is C30H47O4P. The van der Waals surface area contributed by atoms with Gasteiger partial charge in [-0.3, -0.25) is 4.52 Å². The van der Waals surface area contributed by atoms with Crippen LogP contribution in [0.5, 0.6) is 11.5 Å². The van der Waals surface area contributed by atoms with Gasteiger partial charge in [0.2, 0.25) is 0 Å². The van der Waals surface area contributed by atoms with Crippen LogP contribution < -0.4 is 9.05 Å². The van der Waals surface area contributed by atoms with Crippen LogP contribution in [0.15, 0.2) is 60.7 Å². The highest BCUT2D eigenvalue weighted by molar-refractivity contribution is 7.42. The molecule has 0 aliphatic rings. The van der Waals surface area contributed by atoms with E-state index in [-0.39, 0.29) is 0 Å². The SMILES string of the molecule is CCCCCCCCCOC(C)CCCCCCCOP(Oc1ccccc1)Oc1ccccc1. The Bertz CT molecular complexity index is 671. The fraction of sp³-hybridized carbons (Fsp3) is 0.600. The minimum Gasteiger partial charge on any atom is -0.418 e. The quantitative estimate of drug-likeness (QED) is 0.119. The zero-order valence-corrected chi connectivity index (χ0v) is 22.9. The van der Waals surface area contributed by atoms with E-state index in [1.165, 1.54) is 64.2 Å². The third-order valence-corrected chi connectivity index (χ3v) is 7.06. The average Bonchev–Trinajstić information content (AvgIpc) is 2.88. The van der Waals surface area contributed by atoms with Crippen LogP contribution in [-0.2, 0) is 9.26 Å². The lowest BCUT2D eigenvalue weighted by Gasteiger charge is -2.17. The van der Waals surface area contributed by atoms with Gasteiger partial charge in [-0.15, -0.1) is 0 Å². The molecule has 2 rings (SSSR count). The molecule has 0 amide bonds. The maximum atomic E-state index is 5.99. The predicted molar refractivity (Wildman–Crippen MR) is 148 cm³/mol. The Morgan fingerprint density at radius 3 is 1.66 bits per heavy atom. The normalized spacial score (nSPS) is 12.1. The fourth-order valence-corrected chi connectivity index (χ4v) is 4.85. The summed E-state index contributed by atoms with van der Waals surface area (Å²) in [5, 5.41) is 0. The molecule has 0 spiro atoms. The van der Waals surface area contributed by atoms with Crippen molar-refractivity contribution in [1.29, 1.82) is 0 Å². The summed E-state index contributed by atoms with van der Waals surface area (Å²) in [7, 11) is -1.48. The second-order valence-corrected chi connectivity index (χ2v) is 10.3. The fourth-order valence-electron chi connectivity index (χ4n) is 3.84. The molecule has 0 aliphatic heterocycles. The maximum Gasteiger partial charge on any atom is 0.463 e. The molecule has 0 saturated heterocycles. The third kappa shape index (κ3) is 15.9. The smallest absolute Gasteiger partial charge is 0.418 e. The molecule has 0 N–H and O–H groups in total. The van der Waals surface area contributed by atoms with Gasteiger partial charge in [0, 0.05) is 6.61 Å². The number of hydrogen-bond donors (Lipinski definition) is 0. The van der Waals surface area contributed by atoms with E-state index in [4.69, 9.17) is 18.3 Å². The molecule has 0 aromatic heterocycles. The first-order chi connectivity index (χ1) is 17.3. The van der Waals surface area contributed by atoms with Crippen LogP contribution in [0.25, 0.3) is 0 Å². The van der Waals surface area contributed by atoms with Crippen molar-refractivity contribution in [2.45, 2.75) is 103 Å². The number of benzene rings is 2. The van der Waals surface area contributed by atoms with E-state index < -0.39 is 8.60 Å². The second-order valence-electron chi connectivity index (χ2n) is 9.22. The zero-order valence-electron chi connectivity index (χ0n) is 22.0. The Labute approximate surface area is 215 Å². The summed E-state index contributed by atoms with van der Waals surface area (Å²) in [5.74, 6) is 1.52. The van der Waals surface area contributed by atoms with Crippen molar-refractivity contribution < 1.29 is 18.3 Å². The molecule has 1 atom stereocenters. The van der Waals surface area contributed by atoms with Crippen LogP contribution in [0.1, 0.15) is 97.3 Å². The van der Waals surface area contributed by atoms with E-state index in [0.29, 0.717) is 12.7 Å². The summed E-state index contributed by atoms with van der Waals surface area (Å²) in [6, 6.07) is 19.4. The van der Waals surface area contributed by atoms with Crippen molar-refractivity contribution in [1.82, 2.24) is 0 Å². The third-order valence-electron chi connectivity index (χ3n) is 5.95. The van der Waals surface area contributed by atoms with Crippen molar-refractivity contribution in [3.8, 4) is 11.5 Å². The van der Waals surface area contributed by atoms with E-state index in [9.17, 15) is 0 Å². The first-order valence-electron chi connectivity index (χ1n) is 13.8. The van der Waals surface area contributed by atoms with Crippen molar-refractivity contribution in [3.63, 3.8) is 0 Å². The highest BCUT2D eigenvalue weighted by atomic mass is 31.2. The molecule has 0 radical (unpaired) electrons. The van der Waals surface area contributed by atoms with Gasteiger partial charge in [0.25, 0.3) is 0 Å². The number of para-hydroxylation sites is 2. The van der Waals surface area contributed by atoms with Gasteiger partial charge < -0.3 is 13.8 Å². The van der Waals surface area contributed by atoms with Crippen LogP contribution in [0, 0.1) is 0 Å². The summed E-state index contributed by atoms with van der Waals surface area (Å²) in [6.45, 7) is 6.05. The lowest BCUT2D eigenvalue weighted by molar-refractivity contribution is 0.0557. The summed E-state index contributed by atoms with van der Waals surface area (Å²) in [5.41, 5.74) is 0. The second kappa shape index (κ2) is 20.6. The minimum absolute atomic E-state index is 0.382. The van der Waals surface area contributed by atoms with Crippen LogP contribution in [-0.4, -0.2) is 19.3 Å². The van der Waals surface area contributed by atoms with E-state index in [0.717, 1.165) is 37.4 Å². The molecule has 0 bridgehead atoms. The molecule has 5 heteroatoms. The highest BCUT2D eigenvalue weighted by Crippen LogP contribution is 2.41. The minimum atomic E-state index is -1.48. The lowest BCUT2D eigenvalue weighted by atomic mass is 10.1. The maximum absolute atomic E-state index is 5.99. The Kier molecular flexibility index (Phi) is 17.4. The van der Waals surface area contributed by atoms with Gasteiger partial charge in [-0.2, -0.15) is 0 Å². The molecule has 0 heterocycles. The number of unbranched alkanes of at least 4 members (excludes halogenated alkanes) is 10. The summed E-state index contributed by atoms with van der Waals surface area (Å²) in [4.78, 5) is 0. The largest absolute Gasteiger partial charge is 0.463 e. The van der Waals surface area contributed by atoms with Gasteiger partial charge in [0.05, 0.1) is 12.7 Å². The molecule has 196 valence electrons. The standard InChI is InChI=1S/C30H47O4P/c1-3-4-5-6-7-10-19-26-31-28(2)21-14-9-8-11-20-27-32-35(33-29-22-15-12-16-23-29)34-30-24-17-13-18-25-30/h12-13,15-18,22-25,28H,3-11,14,19-21,26-27H2,1-2H3. The van der Waals surface area contributed by atoms with Crippen LogP contribution in [0.2, 0.25) is 0 Å². The first kappa shape index (κ1) is 29.6. The zero-order chi connectivity index (χ0) is 24.8. The average molecular weight is 503 g/mol. The molecule has 2 aromatic rings. The monoisotopic (exact) mass is 502 g/mol. The van der Waals surface area contributed by atoms with E-state index in [1.807, 2.05) is 60.7 Å². The first-order valence-corrected chi connectivity index (χ1v) is 14.9. The Balaban J connectivity index is 1.48. The molecule has 2 aromatic carbocycles. The molecule has 35 heavy (non-hydrogen) atoms.